The predicted molar refractivity (Wildman–Crippen MR) is 204 cm³/mol. The molecule has 0 unspecified atom stereocenters. The number of amides is 1. The lowest BCUT2D eigenvalue weighted by Crippen LogP contribution is -2.50. The highest BCUT2D eigenvalue weighted by Crippen LogP contribution is 2.44. The Morgan fingerprint density at radius 1 is 0.842 bits per heavy atom. The summed E-state index contributed by atoms with van der Waals surface area (Å²) in [5, 5.41) is 20.4. The Kier molecular flexibility index (Phi) is 11.0. The Morgan fingerprint density at radius 2 is 1.37 bits per heavy atom. The van der Waals surface area contributed by atoms with Crippen molar-refractivity contribution in [3.05, 3.63) is 94.4 Å². The maximum atomic E-state index is 13.0. The van der Waals surface area contributed by atoms with Gasteiger partial charge in [-0.05, 0) is 44.1 Å². The number of nitrogens with one attached hydrogen (secondary N) is 1. The zero-order valence-electron chi connectivity index (χ0n) is 31.6. The number of alkyl halides is 4. The van der Waals surface area contributed by atoms with Crippen molar-refractivity contribution in [2.45, 2.75) is 52.3 Å². The van der Waals surface area contributed by atoms with Crippen molar-refractivity contribution in [2.24, 2.45) is 0 Å². The fourth-order valence-electron chi connectivity index (χ4n) is 7.42. The molecule has 0 bridgehead atoms. The van der Waals surface area contributed by atoms with Gasteiger partial charge in [-0.15, -0.1) is 0 Å². The van der Waals surface area contributed by atoms with Gasteiger partial charge >= 0.3 is 19.2 Å². The summed E-state index contributed by atoms with van der Waals surface area (Å²) in [7, 11) is 0. The lowest BCUT2D eigenvalue weighted by atomic mass is 10.0. The van der Waals surface area contributed by atoms with E-state index in [2.05, 4.69) is 46.2 Å². The number of nitriles is 1. The minimum Gasteiger partial charge on any atom is -0.444 e. The van der Waals surface area contributed by atoms with Gasteiger partial charge in [0, 0.05) is 129 Å². The first-order chi connectivity index (χ1) is 27.4. The number of fused-ring (bicyclic) bond motifs is 2. The summed E-state index contributed by atoms with van der Waals surface area (Å²) in [4.78, 5) is 31.0. The standard InChI is InChI=1S/C22H24F2N6O2.C17H16F2N6/c1-22(2,3)32-21(31)29-9-7-28(8-10-29)17-5-6-26-16-11-15(19(25-4)18(16)17)14-12-27-30(13-14)20(23)24;18-17(19)25-10-11(9-23-25)12-7-14-16(13(12)8-20)15(1-2-22-14)24-5-3-21-4-6-24/h5-6,12-13,20H,7-11H2,1-3H3;1-2,9-10,17,21H,3-7H2. The van der Waals surface area contributed by atoms with Crippen LogP contribution in [0.4, 0.5) is 33.7 Å². The van der Waals surface area contributed by atoms with Crippen LogP contribution in [0.3, 0.4) is 0 Å². The number of pyridine rings is 2. The molecule has 2 aliphatic carbocycles. The molecule has 296 valence electrons. The van der Waals surface area contributed by atoms with Crippen molar-refractivity contribution in [3.63, 3.8) is 0 Å². The number of carbonyl (C=O) groups is 1. The minimum absolute atomic E-state index is 0.336. The zero-order valence-corrected chi connectivity index (χ0v) is 31.6. The molecule has 0 spiro atoms. The summed E-state index contributed by atoms with van der Waals surface area (Å²) in [5.74, 6) is 0. The maximum Gasteiger partial charge on any atom is 0.410 e. The van der Waals surface area contributed by atoms with Crippen LogP contribution < -0.4 is 15.1 Å². The first-order valence-corrected chi connectivity index (χ1v) is 18.4. The van der Waals surface area contributed by atoms with Crippen molar-refractivity contribution in [1.82, 2.24) is 39.7 Å². The Hall–Kier alpha value is -6.27. The predicted octanol–water partition coefficient (Wildman–Crippen LogP) is 6.15. The van der Waals surface area contributed by atoms with E-state index in [9.17, 15) is 27.6 Å². The molecule has 0 atom stereocenters. The fourth-order valence-corrected chi connectivity index (χ4v) is 7.42. The molecule has 18 heteroatoms. The lowest BCUT2D eigenvalue weighted by molar-refractivity contribution is 0.0240. The number of hydrogen-bond acceptors (Lipinski definition) is 10. The summed E-state index contributed by atoms with van der Waals surface area (Å²) in [5.41, 5.74) is 7.71. The van der Waals surface area contributed by atoms with E-state index in [0.717, 1.165) is 60.1 Å². The molecule has 8 rings (SSSR count). The molecule has 0 aromatic carbocycles. The Bertz CT molecular complexity index is 2300. The molecule has 2 saturated heterocycles. The SMILES string of the molecule is N#CC1=C(c2cnn(C(F)F)c2)Cc2nccc(N3CCNCC3)c21.[C-]#[N+]C1=C(c2cnn(C(F)F)c2)Cc2nccc(N3CCN(C(=O)OC(C)(C)C)CC3)c21. The molecule has 1 N–H and O–H groups in total. The van der Waals surface area contributed by atoms with Crippen LogP contribution in [0, 0.1) is 17.9 Å². The summed E-state index contributed by atoms with van der Waals surface area (Å²) in [6.45, 7) is 13.5. The molecule has 57 heavy (non-hydrogen) atoms. The molecule has 6 heterocycles. The normalized spacial score (nSPS) is 16.7. The third kappa shape index (κ3) is 8.04. The number of hydrogen-bond donors (Lipinski definition) is 1. The number of anilines is 2. The molecule has 4 aliphatic rings. The molecule has 0 saturated carbocycles. The number of ether oxygens (including phenoxy) is 1. The average Bonchev–Trinajstić information content (AvgIpc) is 4.02. The van der Waals surface area contributed by atoms with Crippen molar-refractivity contribution in [3.8, 4) is 6.07 Å². The van der Waals surface area contributed by atoms with Crippen LogP contribution in [0.15, 0.2) is 49.3 Å². The Balaban J connectivity index is 0.000000179. The second-order valence-corrected chi connectivity index (χ2v) is 14.7. The van der Waals surface area contributed by atoms with E-state index in [1.807, 2.05) is 32.9 Å². The second kappa shape index (κ2) is 16.1. The quantitative estimate of drug-likeness (QED) is 0.179. The van der Waals surface area contributed by atoms with Crippen LogP contribution in [0.5, 0.6) is 0 Å². The van der Waals surface area contributed by atoms with Crippen molar-refractivity contribution in [2.75, 3.05) is 62.2 Å². The molecule has 4 aromatic rings. The van der Waals surface area contributed by atoms with Gasteiger partial charge in [0.05, 0.1) is 30.2 Å². The molecule has 2 aliphatic heterocycles. The van der Waals surface area contributed by atoms with Gasteiger partial charge in [-0.3, -0.25) is 9.97 Å². The third-order valence-corrected chi connectivity index (χ3v) is 10.0. The van der Waals surface area contributed by atoms with Crippen LogP contribution in [0.2, 0.25) is 0 Å². The zero-order chi connectivity index (χ0) is 40.4. The third-order valence-electron chi connectivity index (χ3n) is 10.0. The van der Waals surface area contributed by atoms with Gasteiger partial charge in [-0.1, -0.05) is 0 Å². The summed E-state index contributed by atoms with van der Waals surface area (Å²) < 4.78 is 58.2. The Morgan fingerprint density at radius 3 is 1.89 bits per heavy atom. The summed E-state index contributed by atoms with van der Waals surface area (Å²) >= 11 is 0. The lowest BCUT2D eigenvalue weighted by Gasteiger charge is -2.37. The van der Waals surface area contributed by atoms with E-state index in [1.165, 1.54) is 24.8 Å². The van der Waals surface area contributed by atoms with E-state index in [4.69, 9.17) is 11.3 Å². The van der Waals surface area contributed by atoms with Crippen molar-refractivity contribution < 1.29 is 27.1 Å². The first kappa shape index (κ1) is 39.0. The van der Waals surface area contributed by atoms with Crippen LogP contribution in [-0.4, -0.2) is 98.5 Å². The Labute approximate surface area is 326 Å². The largest absolute Gasteiger partial charge is 0.444 e. The van der Waals surface area contributed by atoms with E-state index in [1.54, 1.807) is 17.3 Å². The smallest absolute Gasteiger partial charge is 0.410 e. The topological polar surface area (TPSA) is 138 Å². The van der Waals surface area contributed by atoms with Gasteiger partial charge < -0.3 is 24.8 Å². The fraction of sp³-hybridized carbons (Fsp3) is 0.410. The number of allylic oxidation sites excluding steroid dienone is 3. The molecular formula is C39H40F4N12O2. The number of aromatic nitrogens is 6. The molecule has 14 nitrogen and oxygen atoms in total. The van der Waals surface area contributed by atoms with E-state index in [-0.39, 0.29) is 6.09 Å². The maximum absolute atomic E-state index is 13.0. The molecule has 4 aromatic heterocycles. The molecule has 1 amide bonds. The van der Waals surface area contributed by atoms with Crippen LogP contribution in [0.25, 0.3) is 27.3 Å². The number of halogens is 4. The highest BCUT2D eigenvalue weighted by molar-refractivity contribution is 6.05. The van der Waals surface area contributed by atoms with Crippen LogP contribution in [0.1, 0.15) is 67.5 Å². The van der Waals surface area contributed by atoms with Crippen molar-refractivity contribution in [1.29, 1.82) is 5.26 Å². The number of carbonyl (C=O) groups excluding carboxylic acids is 1. The first-order valence-electron chi connectivity index (χ1n) is 18.4. The highest BCUT2D eigenvalue weighted by Gasteiger charge is 2.33. The second-order valence-electron chi connectivity index (χ2n) is 14.7. The number of piperazine rings is 2. The van der Waals surface area contributed by atoms with Gasteiger partial charge in [0.15, 0.2) is 0 Å². The van der Waals surface area contributed by atoms with E-state index in [0.29, 0.717) is 81.9 Å². The molecule has 2 fully saturated rings. The van der Waals surface area contributed by atoms with Gasteiger partial charge in [0.25, 0.3) is 0 Å². The average molecular weight is 785 g/mol. The highest BCUT2D eigenvalue weighted by atomic mass is 19.3. The molecule has 0 radical (unpaired) electrons. The number of nitrogens with zero attached hydrogens (tertiary/aromatic N) is 11. The van der Waals surface area contributed by atoms with Gasteiger partial charge in [0.2, 0.25) is 5.70 Å². The van der Waals surface area contributed by atoms with Gasteiger partial charge in [-0.25, -0.2) is 19.0 Å². The monoisotopic (exact) mass is 784 g/mol. The number of rotatable bonds is 6. The minimum atomic E-state index is -2.74. The summed E-state index contributed by atoms with van der Waals surface area (Å²) in [6, 6.07) is 6.04. The van der Waals surface area contributed by atoms with E-state index >= 15 is 0 Å². The molecular weight excluding hydrogens is 745 g/mol. The summed E-state index contributed by atoms with van der Waals surface area (Å²) in [6.07, 6.45) is 9.23. The van der Waals surface area contributed by atoms with Crippen LogP contribution in [-0.2, 0) is 17.6 Å². The van der Waals surface area contributed by atoms with Gasteiger partial charge in [0.1, 0.15) is 11.7 Å². The van der Waals surface area contributed by atoms with Crippen LogP contribution >= 0.6 is 0 Å². The van der Waals surface area contributed by atoms with Gasteiger partial charge in [-0.2, -0.15) is 33.0 Å². The van der Waals surface area contributed by atoms with E-state index < -0.39 is 18.7 Å². The van der Waals surface area contributed by atoms with Crippen molar-refractivity contribution >= 4 is 39.9 Å².